The Balaban J connectivity index is 1.02. The molecule has 0 fully saturated rings. The molecule has 1 atom stereocenters. The molecule has 1 unspecified atom stereocenters. The lowest BCUT2D eigenvalue weighted by atomic mass is 10.0. The molecule has 6 rings (SSSR count). The van der Waals surface area contributed by atoms with Crippen LogP contribution in [0.3, 0.4) is 0 Å². The molecule has 0 bridgehead atoms. The van der Waals surface area contributed by atoms with Gasteiger partial charge in [0.25, 0.3) is 5.91 Å². The van der Waals surface area contributed by atoms with Crippen molar-refractivity contribution in [3.63, 3.8) is 0 Å². The Labute approximate surface area is 314 Å². The van der Waals surface area contributed by atoms with Gasteiger partial charge in [-0.05, 0) is 80.3 Å². The zero-order valence-corrected chi connectivity index (χ0v) is 31.5. The molecule has 54 heavy (non-hydrogen) atoms. The van der Waals surface area contributed by atoms with Gasteiger partial charge in [-0.25, -0.2) is 0 Å². The molecule has 0 aliphatic carbocycles. The van der Waals surface area contributed by atoms with Crippen LogP contribution in [0.2, 0.25) is 0 Å². The lowest BCUT2D eigenvalue weighted by Gasteiger charge is -2.28. The van der Waals surface area contributed by atoms with Crippen molar-refractivity contribution in [2.24, 2.45) is 0 Å². The fourth-order valence-corrected chi connectivity index (χ4v) is 6.20. The molecular formula is C41H45N3O10. The molecule has 4 aromatic carbocycles. The van der Waals surface area contributed by atoms with E-state index in [4.69, 9.17) is 42.4 Å². The molecule has 1 amide bonds. The number of ether oxygens (including phenoxy) is 8. The first kappa shape index (κ1) is 37.5. The molecule has 0 saturated carbocycles. The molecule has 1 aliphatic heterocycles. The van der Waals surface area contributed by atoms with E-state index in [1.165, 1.54) is 0 Å². The Morgan fingerprint density at radius 1 is 0.611 bits per heavy atom. The molecule has 0 radical (unpaired) electrons. The molecule has 13 heteroatoms. The molecule has 2 heterocycles. The largest absolute Gasteiger partial charge is 0.493 e. The van der Waals surface area contributed by atoms with Crippen LogP contribution >= 0.6 is 0 Å². The zero-order valence-electron chi connectivity index (χ0n) is 31.5. The topological polar surface area (TPSA) is 141 Å². The van der Waals surface area contributed by atoms with Crippen LogP contribution in [0.25, 0.3) is 22.6 Å². The number of nitrogens with zero attached hydrogens (tertiary/aromatic N) is 1. The van der Waals surface area contributed by atoms with Crippen molar-refractivity contribution in [2.75, 3.05) is 61.2 Å². The van der Waals surface area contributed by atoms with E-state index in [-0.39, 0.29) is 12.1 Å². The summed E-state index contributed by atoms with van der Waals surface area (Å²) in [6, 6.07) is 20.5. The number of carbonyl (C=O) groups is 1. The molecule has 2 N–H and O–H groups in total. The number of aryl methyl sites for hydroxylation is 1. The number of hydrogen-bond acceptors (Lipinski definition) is 12. The maximum absolute atomic E-state index is 12.7. The number of aromatic nitrogens is 1. The zero-order chi connectivity index (χ0) is 38.2. The van der Waals surface area contributed by atoms with Crippen molar-refractivity contribution >= 4 is 11.6 Å². The molecule has 1 aromatic heterocycles. The maximum Gasteiger partial charge on any atom is 0.255 e. The van der Waals surface area contributed by atoms with E-state index in [9.17, 15) is 4.79 Å². The Bertz CT molecular complexity index is 2050. The summed E-state index contributed by atoms with van der Waals surface area (Å²) >= 11 is 0. The quantitative estimate of drug-likeness (QED) is 0.0898. The number of unbranched alkanes of at least 4 members (excludes halogenated alkanes) is 2. The Morgan fingerprint density at radius 2 is 1.24 bits per heavy atom. The van der Waals surface area contributed by atoms with E-state index in [2.05, 4.69) is 15.8 Å². The normalized spacial score (nSPS) is 13.2. The minimum atomic E-state index is -0.389. The van der Waals surface area contributed by atoms with Crippen LogP contribution < -0.4 is 48.5 Å². The van der Waals surface area contributed by atoms with Gasteiger partial charge in [-0.2, -0.15) is 0 Å². The predicted molar refractivity (Wildman–Crippen MR) is 203 cm³/mol. The number of rotatable bonds is 17. The van der Waals surface area contributed by atoms with Crippen molar-refractivity contribution in [3.8, 4) is 68.6 Å². The van der Waals surface area contributed by atoms with Gasteiger partial charge in [0.05, 0.1) is 61.4 Å². The van der Waals surface area contributed by atoms with Crippen molar-refractivity contribution in [1.29, 1.82) is 0 Å². The highest BCUT2D eigenvalue weighted by Gasteiger charge is 2.26. The van der Waals surface area contributed by atoms with E-state index in [0.717, 1.165) is 41.6 Å². The SMILES string of the molecule is COc1cc(C2NC(=O)c3cc(C)ccc3N2)ccc1OCCCCCOc1c(OC)cc(-c2cc(-c3cc(OC)c(OC)c(OC)c3)no2)cc1OC. The Morgan fingerprint density at radius 3 is 1.89 bits per heavy atom. The first-order chi connectivity index (χ1) is 26.3. The van der Waals surface area contributed by atoms with Crippen molar-refractivity contribution in [3.05, 3.63) is 83.4 Å². The molecule has 0 saturated heterocycles. The number of anilines is 1. The van der Waals surface area contributed by atoms with Crippen LogP contribution in [-0.2, 0) is 0 Å². The molecule has 5 aromatic rings. The van der Waals surface area contributed by atoms with Gasteiger partial charge in [-0.15, -0.1) is 0 Å². The van der Waals surface area contributed by atoms with E-state index in [0.29, 0.717) is 81.8 Å². The number of hydrogen-bond donors (Lipinski definition) is 2. The fraction of sp³-hybridized carbons (Fsp3) is 0.317. The molecule has 284 valence electrons. The van der Waals surface area contributed by atoms with Gasteiger partial charge in [0.2, 0.25) is 11.5 Å². The summed E-state index contributed by atoms with van der Waals surface area (Å²) in [5.74, 6) is 4.60. The second-order valence-corrected chi connectivity index (χ2v) is 12.5. The smallest absolute Gasteiger partial charge is 0.255 e. The van der Waals surface area contributed by atoms with Gasteiger partial charge in [-0.1, -0.05) is 22.9 Å². The lowest BCUT2D eigenvalue weighted by molar-refractivity contribution is 0.0935. The number of methoxy groups -OCH3 is 6. The van der Waals surface area contributed by atoms with Crippen molar-refractivity contribution in [1.82, 2.24) is 10.5 Å². The Hall–Kier alpha value is -6.24. The van der Waals surface area contributed by atoms with Gasteiger partial charge in [-0.3, -0.25) is 4.79 Å². The van der Waals surface area contributed by atoms with E-state index in [1.54, 1.807) is 54.8 Å². The fourth-order valence-electron chi connectivity index (χ4n) is 6.20. The minimum absolute atomic E-state index is 0.121. The maximum atomic E-state index is 12.7. The lowest BCUT2D eigenvalue weighted by Crippen LogP contribution is -2.38. The summed E-state index contributed by atoms with van der Waals surface area (Å²) in [6.45, 7) is 2.91. The number of benzene rings is 4. The summed E-state index contributed by atoms with van der Waals surface area (Å²) in [5, 5.41) is 10.7. The first-order valence-corrected chi connectivity index (χ1v) is 17.5. The van der Waals surface area contributed by atoms with Crippen LogP contribution in [0.5, 0.6) is 46.0 Å². The van der Waals surface area contributed by atoms with Gasteiger partial charge >= 0.3 is 0 Å². The van der Waals surface area contributed by atoms with Crippen LogP contribution in [0.4, 0.5) is 5.69 Å². The summed E-state index contributed by atoms with van der Waals surface area (Å²) in [7, 11) is 9.43. The van der Waals surface area contributed by atoms with Crippen molar-refractivity contribution in [2.45, 2.75) is 32.4 Å². The third-order valence-electron chi connectivity index (χ3n) is 9.02. The van der Waals surface area contributed by atoms with E-state index < -0.39 is 0 Å². The minimum Gasteiger partial charge on any atom is -0.493 e. The summed E-state index contributed by atoms with van der Waals surface area (Å²) in [4.78, 5) is 12.7. The molecule has 1 aliphatic rings. The van der Waals surface area contributed by atoms with Gasteiger partial charge in [0.1, 0.15) is 11.9 Å². The number of fused-ring (bicyclic) bond motifs is 1. The van der Waals surface area contributed by atoms with Crippen LogP contribution in [0.1, 0.15) is 46.9 Å². The number of carbonyl (C=O) groups excluding carboxylic acids is 1. The summed E-state index contributed by atoms with van der Waals surface area (Å²) in [6.07, 6.45) is 2.06. The number of nitrogens with one attached hydrogen (secondary N) is 2. The summed E-state index contributed by atoms with van der Waals surface area (Å²) in [5.41, 5.74) is 5.31. The highest BCUT2D eigenvalue weighted by atomic mass is 16.5. The third kappa shape index (κ3) is 8.04. The second-order valence-electron chi connectivity index (χ2n) is 12.5. The monoisotopic (exact) mass is 739 g/mol. The van der Waals surface area contributed by atoms with Crippen LogP contribution in [0, 0.1) is 6.92 Å². The average molecular weight is 740 g/mol. The summed E-state index contributed by atoms with van der Waals surface area (Å²) < 4.78 is 51.4. The Kier molecular flexibility index (Phi) is 11.9. The van der Waals surface area contributed by atoms with Gasteiger partial charge in [0, 0.05) is 22.9 Å². The van der Waals surface area contributed by atoms with Crippen LogP contribution in [0.15, 0.2) is 71.3 Å². The van der Waals surface area contributed by atoms with Gasteiger partial charge in [0.15, 0.2) is 40.3 Å². The molecule has 0 spiro atoms. The van der Waals surface area contributed by atoms with E-state index in [1.807, 2.05) is 61.5 Å². The highest BCUT2D eigenvalue weighted by molar-refractivity contribution is 6.02. The number of amides is 1. The third-order valence-corrected chi connectivity index (χ3v) is 9.02. The predicted octanol–water partition coefficient (Wildman–Crippen LogP) is 7.85. The van der Waals surface area contributed by atoms with Crippen LogP contribution in [-0.4, -0.2) is 66.9 Å². The highest BCUT2D eigenvalue weighted by Crippen LogP contribution is 2.44. The molecule has 13 nitrogen and oxygen atoms in total. The first-order valence-electron chi connectivity index (χ1n) is 17.5. The van der Waals surface area contributed by atoms with E-state index >= 15 is 0 Å². The standard InChI is InChI=1S/C41H45N3O10/c1-24-11-13-29-28(17-24)41(45)43-40(42-29)25-12-14-31(33(18-25)46-2)52-15-9-8-10-16-53-39-36(49-5)21-27(22-37(39)50-6)32-23-30(44-54-32)26-19-34(47-3)38(51-7)35(20-26)48-4/h11-14,17-23,40,42H,8-10,15-16H2,1-7H3,(H,43,45). The second kappa shape index (κ2) is 17.1. The average Bonchev–Trinajstić information content (AvgIpc) is 3.70. The molecular weight excluding hydrogens is 694 g/mol. The van der Waals surface area contributed by atoms with Gasteiger partial charge < -0.3 is 53.1 Å². The van der Waals surface area contributed by atoms with Crippen molar-refractivity contribution < 1.29 is 47.2 Å².